The molecule has 0 rings (SSSR count). The van der Waals surface area contributed by atoms with Crippen molar-refractivity contribution in [2.45, 2.75) is 66.0 Å². The summed E-state index contributed by atoms with van der Waals surface area (Å²) in [6.07, 6.45) is -6.70. The smallest absolute Gasteiger partial charge is 0.462 e. The number of hydrogen-bond donors (Lipinski definition) is 0. The minimum Gasteiger partial charge on any atom is -0.462 e. The van der Waals surface area contributed by atoms with Gasteiger partial charge in [-0.2, -0.15) is 0 Å². The number of rotatable bonds is 14. The first kappa shape index (κ1) is 39.5. The van der Waals surface area contributed by atoms with E-state index in [0.29, 0.717) is 0 Å². The molecule has 0 spiro atoms. The molecule has 18 heteroatoms. The number of methoxy groups -OCH3 is 2. The molecule has 0 fully saturated rings. The SMILES string of the molecule is CC(=O)OCCOC(=O)C(C)OC(=O)C(C)OC(C)=O.COC(=O)OCCOC(=O)C(C)OC(=O)C(C)OC(=O)OC. The monoisotopic (exact) mass is 612 g/mol. The van der Waals surface area contributed by atoms with Gasteiger partial charge in [-0.15, -0.1) is 0 Å². The van der Waals surface area contributed by atoms with Crippen molar-refractivity contribution in [3.05, 3.63) is 0 Å². The van der Waals surface area contributed by atoms with Crippen molar-refractivity contribution in [3.8, 4) is 0 Å². The average molecular weight is 613 g/mol. The van der Waals surface area contributed by atoms with Gasteiger partial charge in [0, 0.05) is 13.8 Å². The highest BCUT2D eigenvalue weighted by atomic mass is 16.7. The van der Waals surface area contributed by atoms with Gasteiger partial charge in [-0.05, 0) is 27.7 Å². The van der Waals surface area contributed by atoms with Crippen molar-refractivity contribution >= 4 is 48.1 Å². The summed E-state index contributed by atoms with van der Waals surface area (Å²) >= 11 is 0. The van der Waals surface area contributed by atoms with E-state index in [2.05, 4.69) is 28.4 Å². The maximum absolute atomic E-state index is 11.5. The van der Waals surface area contributed by atoms with Crippen LogP contribution in [0.1, 0.15) is 41.5 Å². The van der Waals surface area contributed by atoms with Crippen molar-refractivity contribution in [1.29, 1.82) is 0 Å². The lowest BCUT2D eigenvalue weighted by Gasteiger charge is -2.15. The molecule has 0 aliphatic heterocycles. The maximum Gasteiger partial charge on any atom is 0.508 e. The first-order valence-electron chi connectivity index (χ1n) is 12.1. The van der Waals surface area contributed by atoms with Crippen LogP contribution in [0, 0.1) is 0 Å². The summed E-state index contributed by atoms with van der Waals surface area (Å²) < 4.78 is 45.5. The van der Waals surface area contributed by atoms with Crippen LogP contribution in [0.3, 0.4) is 0 Å². The lowest BCUT2D eigenvalue weighted by molar-refractivity contribution is -0.177. The van der Waals surface area contributed by atoms with Gasteiger partial charge in [0.25, 0.3) is 0 Å². The number of hydrogen-bond acceptors (Lipinski definition) is 18. The number of carbonyl (C=O) groups excluding carboxylic acids is 8. The molecule has 4 unspecified atom stereocenters. The number of esters is 6. The second-order valence-electron chi connectivity index (χ2n) is 7.60. The summed E-state index contributed by atoms with van der Waals surface area (Å²) in [4.78, 5) is 88.4. The van der Waals surface area contributed by atoms with Crippen molar-refractivity contribution in [2.24, 2.45) is 0 Å². The molecule has 0 aromatic heterocycles. The zero-order valence-corrected chi connectivity index (χ0v) is 24.5. The minimum absolute atomic E-state index is 0.0778. The first-order chi connectivity index (χ1) is 19.5. The van der Waals surface area contributed by atoms with E-state index in [9.17, 15) is 38.4 Å². The molecule has 240 valence electrons. The van der Waals surface area contributed by atoms with E-state index < -0.39 is 72.5 Å². The van der Waals surface area contributed by atoms with Crippen LogP contribution in [0.2, 0.25) is 0 Å². The molecule has 0 saturated carbocycles. The van der Waals surface area contributed by atoms with Crippen LogP contribution in [-0.4, -0.2) is 113 Å². The summed E-state index contributed by atoms with van der Waals surface area (Å²) in [5.74, 6) is -4.57. The number of ether oxygens (including phenoxy) is 10. The Morgan fingerprint density at radius 1 is 0.429 bits per heavy atom. The molecule has 4 atom stereocenters. The predicted octanol–water partition coefficient (Wildman–Crippen LogP) is 0.392. The van der Waals surface area contributed by atoms with Gasteiger partial charge in [0.2, 0.25) is 0 Å². The van der Waals surface area contributed by atoms with Crippen LogP contribution >= 0.6 is 0 Å². The molecule has 42 heavy (non-hydrogen) atoms. The van der Waals surface area contributed by atoms with E-state index in [0.717, 1.165) is 21.1 Å². The third-order valence-electron chi connectivity index (χ3n) is 4.04. The Labute approximate surface area is 241 Å². The third kappa shape index (κ3) is 20.3. The van der Waals surface area contributed by atoms with Crippen LogP contribution in [0.4, 0.5) is 9.59 Å². The third-order valence-corrected chi connectivity index (χ3v) is 4.04. The van der Waals surface area contributed by atoms with Gasteiger partial charge in [-0.3, -0.25) is 9.59 Å². The highest BCUT2D eigenvalue weighted by Crippen LogP contribution is 2.03. The molecule has 0 aromatic carbocycles. The molecule has 0 N–H and O–H groups in total. The zero-order chi connectivity index (χ0) is 32.8. The molecular formula is C24H36O18. The van der Waals surface area contributed by atoms with E-state index in [1.807, 2.05) is 0 Å². The van der Waals surface area contributed by atoms with Gasteiger partial charge in [-0.25, -0.2) is 28.8 Å². The zero-order valence-electron chi connectivity index (χ0n) is 24.5. The van der Waals surface area contributed by atoms with Crippen molar-refractivity contribution < 1.29 is 85.7 Å². The summed E-state index contributed by atoms with van der Waals surface area (Å²) in [6, 6.07) is 0. The topological polar surface area (TPSA) is 229 Å². The summed E-state index contributed by atoms with van der Waals surface area (Å²) in [5.41, 5.74) is 0. The highest BCUT2D eigenvalue weighted by molar-refractivity contribution is 5.83. The fraction of sp³-hybridized carbons (Fsp3) is 0.667. The minimum atomic E-state index is -1.25. The number of carbonyl (C=O) groups is 8. The second kappa shape index (κ2) is 22.1. The average Bonchev–Trinajstić information content (AvgIpc) is 2.92. The van der Waals surface area contributed by atoms with Gasteiger partial charge >= 0.3 is 48.1 Å². The van der Waals surface area contributed by atoms with Crippen molar-refractivity contribution in [1.82, 2.24) is 0 Å². The van der Waals surface area contributed by atoms with Gasteiger partial charge in [-0.1, -0.05) is 0 Å². The van der Waals surface area contributed by atoms with Crippen LogP contribution in [0.25, 0.3) is 0 Å². The van der Waals surface area contributed by atoms with E-state index >= 15 is 0 Å². The Kier molecular flexibility index (Phi) is 20.8. The molecule has 0 radical (unpaired) electrons. The van der Waals surface area contributed by atoms with Crippen molar-refractivity contribution in [3.63, 3.8) is 0 Å². The van der Waals surface area contributed by atoms with Gasteiger partial charge in [0.15, 0.2) is 24.4 Å². The Hall–Kier alpha value is -4.64. The Balaban J connectivity index is 0. The van der Waals surface area contributed by atoms with Crippen LogP contribution in [0.15, 0.2) is 0 Å². The second-order valence-corrected chi connectivity index (χ2v) is 7.60. The fourth-order valence-electron chi connectivity index (χ4n) is 2.06. The lowest BCUT2D eigenvalue weighted by atomic mass is 10.3. The van der Waals surface area contributed by atoms with Crippen molar-refractivity contribution in [2.75, 3.05) is 40.6 Å². The van der Waals surface area contributed by atoms with Gasteiger partial charge in [0.1, 0.15) is 26.4 Å². The molecule has 0 aliphatic rings. The summed E-state index contributed by atoms with van der Waals surface area (Å²) in [6.45, 7) is 6.87. The lowest BCUT2D eigenvalue weighted by Crippen LogP contribution is -2.33. The Morgan fingerprint density at radius 3 is 1.17 bits per heavy atom. The Morgan fingerprint density at radius 2 is 0.786 bits per heavy atom. The molecule has 0 aromatic rings. The molecule has 0 heterocycles. The fourth-order valence-corrected chi connectivity index (χ4v) is 2.06. The van der Waals surface area contributed by atoms with E-state index in [1.165, 1.54) is 34.6 Å². The molecule has 18 nitrogen and oxygen atoms in total. The normalized spacial score (nSPS) is 12.6. The summed E-state index contributed by atoms with van der Waals surface area (Å²) in [7, 11) is 2.21. The maximum atomic E-state index is 11.5. The molecule has 0 saturated heterocycles. The first-order valence-corrected chi connectivity index (χ1v) is 12.1. The molecule has 0 aliphatic carbocycles. The van der Waals surface area contributed by atoms with Gasteiger partial charge < -0.3 is 47.4 Å². The molecule has 0 bridgehead atoms. The van der Waals surface area contributed by atoms with E-state index in [-0.39, 0.29) is 26.4 Å². The van der Waals surface area contributed by atoms with Crippen LogP contribution in [-0.2, 0) is 76.1 Å². The van der Waals surface area contributed by atoms with E-state index in [4.69, 9.17) is 18.9 Å². The molecule has 0 amide bonds. The summed E-state index contributed by atoms with van der Waals surface area (Å²) in [5, 5.41) is 0. The van der Waals surface area contributed by atoms with Gasteiger partial charge in [0.05, 0.1) is 14.2 Å². The highest BCUT2D eigenvalue weighted by Gasteiger charge is 2.26. The quantitative estimate of drug-likeness (QED) is 0.147. The van der Waals surface area contributed by atoms with E-state index in [1.54, 1.807) is 0 Å². The molecular weight excluding hydrogens is 576 g/mol. The standard InChI is InChI=1S/C12H18O10.C12H18O8/c1-7(9(13)19-5-6-20-11(15)17-3)21-10(14)8(2)22-12(16)18-4;1-7(11(15)18-6-5-17-9(3)13)20-12(16)8(2)19-10(4)14/h7-8H,5-6H2,1-4H3;7-8H,5-6H2,1-4H3. The van der Waals surface area contributed by atoms with Crippen LogP contribution < -0.4 is 0 Å². The Bertz CT molecular complexity index is 928. The largest absolute Gasteiger partial charge is 0.508 e. The predicted molar refractivity (Wildman–Crippen MR) is 132 cm³/mol. The van der Waals surface area contributed by atoms with Crippen LogP contribution in [0.5, 0.6) is 0 Å².